The van der Waals surface area contributed by atoms with Crippen molar-refractivity contribution in [2.45, 2.75) is 0 Å². The zero-order chi connectivity index (χ0) is 3.58. The zero-order valence-electron chi connectivity index (χ0n) is 2.67. The summed E-state index contributed by atoms with van der Waals surface area (Å²) in [5, 5.41) is 14.8. The predicted octanol–water partition coefficient (Wildman–Crippen LogP) is -3.88. The van der Waals surface area contributed by atoms with Crippen molar-refractivity contribution in [3.63, 3.8) is 0 Å². The van der Waals surface area contributed by atoms with Gasteiger partial charge in [0.05, 0.1) is 5.09 Å². The molecule has 0 rings (SSSR count). The van der Waals surface area contributed by atoms with E-state index in [2.05, 4.69) is 0 Å². The molecule has 0 aliphatic heterocycles. The Hall–Kier alpha value is 0.797. The third-order valence-corrected chi connectivity index (χ3v) is 0. The van der Waals surface area contributed by atoms with Crippen LogP contribution in [-0.2, 0) is 0 Å². The van der Waals surface area contributed by atoms with Crippen LogP contribution in [0.2, 0.25) is 0 Å². The van der Waals surface area contributed by atoms with Gasteiger partial charge in [0.1, 0.15) is 0 Å². The first-order valence-corrected chi connectivity index (χ1v) is 0.548. The second-order valence-corrected chi connectivity index (χ2v) is 0.224. The molecule has 0 aromatic carbocycles. The Morgan fingerprint density at radius 1 is 1.33 bits per heavy atom. The Labute approximate surface area is 68.5 Å². The molecule has 0 spiro atoms. The summed E-state index contributed by atoms with van der Waals surface area (Å²) in [6.45, 7) is 0. The van der Waals surface area contributed by atoms with Gasteiger partial charge in [-0.2, -0.15) is 0 Å². The summed E-state index contributed by atoms with van der Waals surface area (Å²) >= 11 is 0. The largest absolute Gasteiger partial charge is 1.00 e. The molecule has 0 atom stereocenters. The molecule has 6 heavy (non-hydrogen) atoms. The van der Waals surface area contributed by atoms with Gasteiger partial charge in [-0.05, 0) is 0 Å². The summed E-state index contributed by atoms with van der Waals surface area (Å²) in [6, 6.07) is 0. The van der Waals surface area contributed by atoms with Crippen LogP contribution in [0.15, 0.2) is 0 Å². The van der Waals surface area contributed by atoms with Crippen molar-refractivity contribution < 1.29 is 34.6 Å². The molecule has 0 aromatic rings. The maximum absolute atomic E-state index is 8.25. The molecule has 0 radical (unpaired) electrons. The van der Waals surface area contributed by atoms with Crippen molar-refractivity contribution in [1.29, 1.82) is 0 Å². The minimum atomic E-state index is -1.75. The van der Waals surface area contributed by atoms with E-state index in [-0.39, 0.29) is 48.4 Å². The summed E-state index contributed by atoms with van der Waals surface area (Å²) in [6.07, 6.45) is 0. The minimum Gasteiger partial charge on any atom is 1.00 e. The van der Waals surface area contributed by atoms with Gasteiger partial charge in [0, 0.05) is 0 Å². The van der Waals surface area contributed by atoms with E-state index in [4.69, 9.17) is 15.3 Å². The minimum absolute atomic E-state index is 0. The fraction of sp³-hybridized carbons (Fsp3) is 0. The van der Waals surface area contributed by atoms with E-state index in [1.54, 1.807) is 0 Å². The molecule has 0 fully saturated rings. The van der Waals surface area contributed by atoms with Crippen LogP contribution in [0.25, 0.3) is 0 Å². The first kappa shape index (κ1) is 15.8. The van der Waals surface area contributed by atoms with Crippen LogP contribution in [0.3, 0.4) is 0 Å². The van der Waals surface area contributed by atoms with Crippen LogP contribution >= 0.6 is 0 Å². The summed E-state index contributed by atoms with van der Waals surface area (Å²) < 4.78 is 0. The quantitative estimate of drug-likeness (QED) is 0.175. The number of rotatable bonds is 0. The van der Waals surface area contributed by atoms with Crippen LogP contribution in [-0.4, -0.2) is 23.9 Å². The van der Waals surface area contributed by atoms with E-state index < -0.39 is 5.09 Å². The monoisotopic (exact) mass is 93.0 g/mol. The zero-order valence-corrected chi connectivity index (χ0v) is 4.67. The van der Waals surface area contributed by atoms with Crippen LogP contribution in [0.1, 0.15) is 0 Å². The molecule has 0 N–H and O–H groups in total. The molecular formula is HLiNNaO3. The molecule has 4 nitrogen and oxygen atoms in total. The van der Waals surface area contributed by atoms with E-state index in [1.807, 2.05) is 0 Å². The van der Waals surface area contributed by atoms with E-state index in [0.29, 0.717) is 0 Å². The molecule has 0 aromatic heterocycles. The average molecular weight is 92.9 g/mol. The molecule has 0 saturated carbocycles. The smallest absolute Gasteiger partial charge is 1.00 e. The molecular weight excluding hydrogens is 91.9 g/mol. The SMILES string of the molecule is O=[N+]([O-])[O-].[LiH].[Na+]. The predicted molar refractivity (Wildman–Crippen MR) is 17.5 cm³/mol. The Balaban J connectivity index is -0.0000000450. The van der Waals surface area contributed by atoms with Gasteiger partial charge in [-0.3, -0.25) is 0 Å². The van der Waals surface area contributed by atoms with E-state index in [0.717, 1.165) is 0 Å². The topological polar surface area (TPSA) is 66.2 Å². The van der Waals surface area contributed by atoms with Crippen LogP contribution in [0, 0.1) is 15.3 Å². The Morgan fingerprint density at radius 2 is 1.33 bits per heavy atom. The van der Waals surface area contributed by atoms with Crippen molar-refractivity contribution in [2.24, 2.45) is 0 Å². The molecule has 0 heterocycles. The summed E-state index contributed by atoms with van der Waals surface area (Å²) in [7, 11) is 0. The second-order valence-electron chi connectivity index (χ2n) is 0.224. The third-order valence-electron chi connectivity index (χ3n) is 0. The summed E-state index contributed by atoms with van der Waals surface area (Å²) in [4.78, 5) is 8.25. The maximum atomic E-state index is 8.25. The van der Waals surface area contributed by atoms with Crippen LogP contribution < -0.4 is 29.6 Å². The molecule has 0 bridgehead atoms. The molecule has 0 aliphatic rings. The average Bonchev–Trinajstić information content (AvgIpc) is 0.811. The fourth-order valence-electron chi connectivity index (χ4n) is 0. The van der Waals surface area contributed by atoms with E-state index in [1.165, 1.54) is 0 Å². The van der Waals surface area contributed by atoms with Gasteiger partial charge >= 0.3 is 48.4 Å². The summed E-state index contributed by atoms with van der Waals surface area (Å²) in [5.41, 5.74) is 0. The Kier molecular flexibility index (Phi) is 24.4. The van der Waals surface area contributed by atoms with E-state index >= 15 is 0 Å². The molecule has 0 saturated heterocycles. The number of nitrogens with zero attached hydrogens (tertiary/aromatic N) is 1. The van der Waals surface area contributed by atoms with Gasteiger partial charge in [-0.25, -0.2) is 0 Å². The van der Waals surface area contributed by atoms with Gasteiger partial charge in [0.2, 0.25) is 0 Å². The first-order valence-electron chi connectivity index (χ1n) is 0.548. The Morgan fingerprint density at radius 3 is 1.33 bits per heavy atom. The van der Waals surface area contributed by atoms with E-state index in [9.17, 15) is 0 Å². The van der Waals surface area contributed by atoms with Crippen LogP contribution in [0.5, 0.6) is 0 Å². The number of hydrogen-bond donors (Lipinski definition) is 0. The fourth-order valence-corrected chi connectivity index (χ4v) is 0. The van der Waals surface area contributed by atoms with Gasteiger partial charge < -0.3 is 15.3 Å². The van der Waals surface area contributed by atoms with Crippen molar-refractivity contribution in [3.8, 4) is 0 Å². The van der Waals surface area contributed by atoms with Crippen molar-refractivity contribution >= 4 is 18.9 Å². The molecule has 0 aliphatic carbocycles. The van der Waals surface area contributed by atoms with Crippen molar-refractivity contribution in [2.75, 3.05) is 0 Å². The van der Waals surface area contributed by atoms with Gasteiger partial charge in [0.15, 0.2) is 0 Å². The third kappa shape index (κ3) is 109. The maximum Gasteiger partial charge on any atom is 1.00 e. The van der Waals surface area contributed by atoms with Gasteiger partial charge in [0.25, 0.3) is 0 Å². The molecule has 0 unspecified atom stereocenters. The first-order chi connectivity index (χ1) is 1.73. The Bertz CT molecular complexity index is 33.8. The molecule has 6 heteroatoms. The van der Waals surface area contributed by atoms with Gasteiger partial charge in [-0.15, -0.1) is 0 Å². The molecule has 0 amide bonds. The number of hydrogen-bond acceptors (Lipinski definition) is 3. The van der Waals surface area contributed by atoms with Crippen molar-refractivity contribution in [1.82, 2.24) is 0 Å². The summed E-state index contributed by atoms with van der Waals surface area (Å²) in [5.74, 6) is 0. The second kappa shape index (κ2) is 9.25. The van der Waals surface area contributed by atoms with Crippen molar-refractivity contribution in [3.05, 3.63) is 15.3 Å². The van der Waals surface area contributed by atoms with Crippen LogP contribution in [0.4, 0.5) is 0 Å². The standard InChI is InChI=1S/Li.NO3.Na.H/c;2-1(3)4;;/q;-1;+1;. The molecule has 26 valence electrons. The normalized spacial score (nSPS) is 4.00. The van der Waals surface area contributed by atoms with Gasteiger partial charge in [-0.1, -0.05) is 0 Å².